The van der Waals surface area contributed by atoms with Gasteiger partial charge in [0.2, 0.25) is 5.88 Å². The first kappa shape index (κ1) is 20.1. The number of methoxy groups -OCH3 is 1. The monoisotopic (exact) mass is 416 g/mol. The zero-order chi connectivity index (χ0) is 21.8. The van der Waals surface area contributed by atoms with Crippen LogP contribution in [-0.2, 0) is 20.9 Å². The topological polar surface area (TPSA) is 105 Å². The van der Waals surface area contributed by atoms with Gasteiger partial charge in [-0.3, -0.25) is 14.2 Å². The Labute approximate surface area is 177 Å². The number of benzene rings is 3. The molecule has 4 rings (SSSR count). The lowest BCUT2D eigenvalue weighted by Gasteiger charge is -2.07. The van der Waals surface area contributed by atoms with E-state index in [0.717, 1.165) is 16.5 Å². The highest BCUT2D eigenvalue weighted by Gasteiger charge is 2.18. The van der Waals surface area contributed by atoms with Gasteiger partial charge in [-0.05, 0) is 17.5 Å². The third-order valence-corrected chi connectivity index (χ3v) is 4.91. The van der Waals surface area contributed by atoms with Gasteiger partial charge < -0.3 is 15.2 Å². The van der Waals surface area contributed by atoms with Crippen molar-refractivity contribution < 1.29 is 19.4 Å². The molecule has 8 nitrogen and oxygen atoms in total. The van der Waals surface area contributed by atoms with Crippen molar-refractivity contribution in [3.63, 3.8) is 0 Å². The van der Waals surface area contributed by atoms with E-state index in [-0.39, 0.29) is 24.7 Å². The van der Waals surface area contributed by atoms with Crippen LogP contribution in [0.1, 0.15) is 0 Å². The third-order valence-electron chi connectivity index (χ3n) is 4.91. The summed E-state index contributed by atoms with van der Waals surface area (Å²) < 4.78 is 6.05. The van der Waals surface area contributed by atoms with Crippen LogP contribution in [-0.4, -0.2) is 35.2 Å². The van der Waals surface area contributed by atoms with E-state index in [4.69, 9.17) is 0 Å². The van der Waals surface area contributed by atoms with Crippen molar-refractivity contribution >= 4 is 44.9 Å². The van der Waals surface area contributed by atoms with Gasteiger partial charge >= 0.3 is 5.97 Å². The molecule has 0 aliphatic carbocycles. The minimum Gasteiger partial charge on any atom is -0.493 e. The van der Waals surface area contributed by atoms with Gasteiger partial charge in [-0.1, -0.05) is 54.6 Å². The molecule has 0 bridgehead atoms. The van der Waals surface area contributed by atoms with Gasteiger partial charge in [0.25, 0.3) is 5.91 Å². The second kappa shape index (κ2) is 8.66. The van der Waals surface area contributed by atoms with E-state index in [9.17, 15) is 14.7 Å². The fourth-order valence-electron chi connectivity index (χ4n) is 3.42. The molecule has 0 spiro atoms. The van der Waals surface area contributed by atoms with E-state index in [1.54, 1.807) is 24.3 Å². The lowest BCUT2D eigenvalue weighted by atomic mass is 10.1. The van der Waals surface area contributed by atoms with Gasteiger partial charge in [-0.2, -0.15) is 0 Å². The van der Waals surface area contributed by atoms with Gasteiger partial charge in [0, 0.05) is 16.5 Å². The molecule has 0 saturated heterocycles. The SMILES string of the molecule is COC(=O)Cn1c(O)c(N=NC(=O)CNc2cccc3ccccc23)c2ccccc21. The van der Waals surface area contributed by atoms with Gasteiger partial charge in [0.05, 0.1) is 19.2 Å². The highest BCUT2D eigenvalue weighted by molar-refractivity contribution is 5.97. The number of azo groups is 1. The van der Waals surface area contributed by atoms with Crippen molar-refractivity contribution in [2.75, 3.05) is 19.0 Å². The Morgan fingerprint density at radius 2 is 1.71 bits per heavy atom. The summed E-state index contributed by atoms with van der Waals surface area (Å²) in [4.78, 5) is 24.0. The predicted molar refractivity (Wildman–Crippen MR) is 118 cm³/mol. The second-order valence-electron chi connectivity index (χ2n) is 6.83. The number of aromatic hydroxyl groups is 1. The van der Waals surface area contributed by atoms with E-state index in [0.29, 0.717) is 10.9 Å². The Balaban J connectivity index is 1.55. The van der Waals surface area contributed by atoms with Crippen LogP contribution in [0.2, 0.25) is 0 Å². The van der Waals surface area contributed by atoms with Crippen LogP contribution in [0.4, 0.5) is 11.4 Å². The molecule has 8 heteroatoms. The number of anilines is 1. The number of hydrogen-bond acceptors (Lipinski definition) is 6. The third kappa shape index (κ3) is 4.09. The highest BCUT2D eigenvalue weighted by Crippen LogP contribution is 2.38. The molecule has 31 heavy (non-hydrogen) atoms. The summed E-state index contributed by atoms with van der Waals surface area (Å²) in [7, 11) is 1.27. The maximum Gasteiger partial charge on any atom is 0.325 e. The molecule has 4 aromatic rings. The van der Waals surface area contributed by atoms with Gasteiger partial charge in [0.15, 0.2) is 5.69 Å². The van der Waals surface area contributed by atoms with Crippen LogP contribution in [0, 0.1) is 0 Å². The van der Waals surface area contributed by atoms with Crippen molar-refractivity contribution in [1.82, 2.24) is 4.57 Å². The van der Waals surface area contributed by atoms with Crippen molar-refractivity contribution in [3.8, 4) is 5.88 Å². The van der Waals surface area contributed by atoms with Crippen LogP contribution < -0.4 is 5.32 Å². The zero-order valence-electron chi connectivity index (χ0n) is 16.8. The number of amides is 1. The molecule has 3 aromatic carbocycles. The number of nitrogens with zero attached hydrogens (tertiary/aromatic N) is 3. The number of nitrogens with one attached hydrogen (secondary N) is 1. The fourth-order valence-corrected chi connectivity index (χ4v) is 3.42. The molecule has 0 atom stereocenters. The number of ether oxygens (including phenoxy) is 1. The van der Waals surface area contributed by atoms with Crippen LogP contribution in [0.5, 0.6) is 5.88 Å². The summed E-state index contributed by atoms with van der Waals surface area (Å²) in [5.74, 6) is -1.28. The van der Waals surface area contributed by atoms with Gasteiger partial charge in [-0.25, -0.2) is 0 Å². The fraction of sp³-hybridized carbons (Fsp3) is 0.130. The standard InChI is InChI=1S/C23H20N4O4/c1-31-21(29)14-27-19-12-5-4-10-17(19)22(23(27)30)26-25-20(28)13-24-18-11-6-8-15-7-2-3-9-16(15)18/h2-12,24,30H,13-14H2,1H3. The van der Waals surface area contributed by atoms with E-state index >= 15 is 0 Å². The summed E-state index contributed by atoms with van der Waals surface area (Å²) in [5, 5.41) is 24.0. The van der Waals surface area contributed by atoms with Crippen LogP contribution in [0.3, 0.4) is 0 Å². The molecular weight excluding hydrogens is 396 g/mol. The number of rotatable bonds is 6. The molecule has 1 heterocycles. The summed E-state index contributed by atoms with van der Waals surface area (Å²) >= 11 is 0. The van der Waals surface area contributed by atoms with E-state index in [2.05, 4.69) is 20.3 Å². The normalized spacial score (nSPS) is 11.3. The number of para-hydroxylation sites is 1. The number of carbonyl (C=O) groups is 2. The summed E-state index contributed by atoms with van der Waals surface area (Å²) in [6.45, 7) is -0.242. The van der Waals surface area contributed by atoms with Crippen LogP contribution in [0.25, 0.3) is 21.7 Å². The molecule has 156 valence electrons. The molecule has 1 amide bonds. The van der Waals surface area contributed by atoms with Crippen molar-refractivity contribution in [2.45, 2.75) is 6.54 Å². The summed E-state index contributed by atoms with van der Waals surface area (Å²) in [6.07, 6.45) is 0. The molecule has 0 radical (unpaired) electrons. The molecule has 0 aliphatic heterocycles. The maximum atomic E-state index is 12.3. The number of hydrogen-bond donors (Lipinski definition) is 2. The largest absolute Gasteiger partial charge is 0.493 e. The first-order chi connectivity index (χ1) is 15.1. The van der Waals surface area contributed by atoms with Gasteiger partial charge in [0.1, 0.15) is 6.54 Å². The predicted octanol–water partition coefficient (Wildman–Crippen LogP) is 4.40. The Morgan fingerprint density at radius 1 is 1.00 bits per heavy atom. The maximum absolute atomic E-state index is 12.3. The Morgan fingerprint density at radius 3 is 2.52 bits per heavy atom. The molecule has 2 N–H and O–H groups in total. The van der Waals surface area contributed by atoms with Gasteiger partial charge in [-0.15, -0.1) is 10.2 Å². The van der Waals surface area contributed by atoms with E-state index in [1.807, 2.05) is 42.5 Å². The lowest BCUT2D eigenvalue weighted by molar-refractivity contribution is -0.141. The molecule has 0 unspecified atom stereocenters. The molecular formula is C23H20N4O4. The van der Waals surface area contributed by atoms with Crippen molar-refractivity contribution in [3.05, 3.63) is 66.7 Å². The number of fused-ring (bicyclic) bond motifs is 2. The van der Waals surface area contributed by atoms with Crippen molar-refractivity contribution in [1.29, 1.82) is 0 Å². The Bertz CT molecular complexity index is 1300. The minimum atomic E-state index is -0.519. The first-order valence-corrected chi connectivity index (χ1v) is 9.61. The van der Waals surface area contributed by atoms with Crippen LogP contribution in [0.15, 0.2) is 77.0 Å². The highest BCUT2D eigenvalue weighted by atomic mass is 16.5. The Kier molecular flexibility index (Phi) is 5.61. The summed E-state index contributed by atoms with van der Waals surface area (Å²) in [6, 6.07) is 20.7. The Hall–Kier alpha value is -4.20. The minimum absolute atomic E-state index is 0.0565. The average Bonchev–Trinajstić information content (AvgIpc) is 3.06. The number of carbonyl (C=O) groups excluding carboxylic acids is 2. The quantitative estimate of drug-likeness (QED) is 0.358. The second-order valence-corrected chi connectivity index (χ2v) is 6.83. The number of aromatic nitrogens is 1. The number of esters is 1. The van der Waals surface area contributed by atoms with E-state index < -0.39 is 11.9 Å². The molecule has 0 fully saturated rings. The average molecular weight is 416 g/mol. The molecule has 0 saturated carbocycles. The lowest BCUT2D eigenvalue weighted by Crippen LogP contribution is -2.11. The van der Waals surface area contributed by atoms with E-state index in [1.165, 1.54) is 11.7 Å². The van der Waals surface area contributed by atoms with Crippen molar-refractivity contribution in [2.24, 2.45) is 10.2 Å². The molecule has 0 aliphatic rings. The molecule has 1 aromatic heterocycles. The summed E-state index contributed by atoms with van der Waals surface area (Å²) in [5.41, 5.74) is 1.53. The smallest absolute Gasteiger partial charge is 0.325 e. The first-order valence-electron chi connectivity index (χ1n) is 9.61. The zero-order valence-corrected chi connectivity index (χ0v) is 16.8. The van der Waals surface area contributed by atoms with Crippen LogP contribution >= 0.6 is 0 Å².